The van der Waals surface area contributed by atoms with Crippen LogP contribution in [0.15, 0.2) is 53.9 Å². The summed E-state index contributed by atoms with van der Waals surface area (Å²) in [6.45, 7) is 0.279. The third-order valence-electron chi connectivity index (χ3n) is 4.44. The van der Waals surface area contributed by atoms with Crippen LogP contribution in [0.25, 0.3) is 0 Å². The van der Waals surface area contributed by atoms with Crippen LogP contribution in [0.3, 0.4) is 0 Å². The molecule has 0 radical (unpaired) electrons. The van der Waals surface area contributed by atoms with E-state index in [0.717, 1.165) is 24.1 Å². The van der Waals surface area contributed by atoms with Gasteiger partial charge >= 0.3 is 5.97 Å². The fraction of sp³-hybridized carbons (Fsp3) is 0.368. The maximum Gasteiger partial charge on any atom is 0.354 e. The number of esters is 1. The molecule has 0 bridgehead atoms. The van der Waals surface area contributed by atoms with Gasteiger partial charge in [-0.25, -0.2) is 4.79 Å². The van der Waals surface area contributed by atoms with E-state index in [1.54, 1.807) is 12.2 Å². The van der Waals surface area contributed by atoms with Crippen LogP contribution in [0.2, 0.25) is 0 Å². The lowest BCUT2D eigenvalue weighted by Crippen LogP contribution is -2.47. The van der Waals surface area contributed by atoms with Gasteiger partial charge in [-0.3, -0.25) is 4.79 Å². The fourth-order valence-corrected chi connectivity index (χ4v) is 3.17. The summed E-state index contributed by atoms with van der Waals surface area (Å²) < 4.78 is 17.1. The first-order valence-electron chi connectivity index (χ1n) is 8.44. The summed E-state index contributed by atoms with van der Waals surface area (Å²) in [5.41, 5.74) is 1.97. The SMILES string of the molecule is O=C1C=C(NC2=C[C@@H]3O[C@@H](c4ccccc4)OC[C@H]3OC2=O)CCC1. The monoisotopic (exact) mass is 341 g/mol. The summed E-state index contributed by atoms with van der Waals surface area (Å²) in [4.78, 5) is 23.7. The van der Waals surface area contributed by atoms with Crippen LogP contribution in [0, 0.1) is 0 Å². The molecular weight excluding hydrogens is 322 g/mol. The van der Waals surface area contributed by atoms with Gasteiger partial charge in [-0.15, -0.1) is 0 Å². The molecule has 1 aromatic carbocycles. The summed E-state index contributed by atoms with van der Waals surface area (Å²) in [5.74, 6) is -0.381. The highest BCUT2D eigenvalue weighted by Gasteiger charge is 2.38. The van der Waals surface area contributed by atoms with Gasteiger partial charge in [0.25, 0.3) is 0 Å². The molecule has 1 fully saturated rings. The minimum atomic E-state index is -0.493. The number of carbonyl (C=O) groups excluding carboxylic acids is 2. The Labute approximate surface area is 145 Å². The molecule has 4 rings (SSSR count). The number of nitrogens with one attached hydrogen (secondary N) is 1. The Kier molecular flexibility index (Phi) is 4.38. The van der Waals surface area contributed by atoms with E-state index in [1.165, 1.54) is 0 Å². The van der Waals surface area contributed by atoms with E-state index in [-0.39, 0.29) is 18.5 Å². The van der Waals surface area contributed by atoms with E-state index < -0.39 is 18.4 Å². The highest BCUT2D eigenvalue weighted by atomic mass is 16.7. The number of benzene rings is 1. The van der Waals surface area contributed by atoms with Crippen molar-refractivity contribution in [2.75, 3.05) is 6.61 Å². The van der Waals surface area contributed by atoms with Crippen molar-refractivity contribution in [3.8, 4) is 0 Å². The second-order valence-electron chi connectivity index (χ2n) is 6.32. The maximum absolute atomic E-state index is 12.2. The lowest BCUT2D eigenvalue weighted by molar-refractivity contribution is -0.252. The molecule has 0 amide bonds. The zero-order chi connectivity index (χ0) is 17.2. The van der Waals surface area contributed by atoms with Gasteiger partial charge in [0.05, 0.1) is 6.61 Å². The molecule has 0 spiro atoms. The smallest absolute Gasteiger partial charge is 0.354 e. The van der Waals surface area contributed by atoms with E-state index >= 15 is 0 Å². The molecule has 1 aliphatic carbocycles. The van der Waals surface area contributed by atoms with Crippen LogP contribution in [-0.4, -0.2) is 30.6 Å². The summed E-state index contributed by atoms with van der Waals surface area (Å²) in [5, 5.41) is 3.03. The quantitative estimate of drug-likeness (QED) is 0.849. The molecule has 1 N–H and O–H groups in total. The standard InChI is InChI=1S/C19H19NO5/c21-14-8-4-7-13(9-14)20-15-10-16-17(24-18(15)22)11-23-19(25-16)12-5-2-1-3-6-12/h1-3,5-6,9-10,16-17,19-20H,4,7-8,11H2/t16-,17+,19-/m0/s1. The predicted octanol–water partition coefficient (Wildman–Crippen LogP) is 2.14. The maximum atomic E-state index is 12.2. The Morgan fingerprint density at radius 1 is 1.08 bits per heavy atom. The van der Waals surface area contributed by atoms with Gasteiger partial charge in [0, 0.05) is 23.8 Å². The number of carbonyl (C=O) groups is 2. The Morgan fingerprint density at radius 2 is 1.92 bits per heavy atom. The first kappa shape index (κ1) is 16.1. The lowest BCUT2D eigenvalue weighted by atomic mass is 10.0. The number of fused-ring (bicyclic) bond motifs is 1. The molecule has 0 aromatic heterocycles. The zero-order valence-electron chi connectivity index (χ0n) is 13.6. The highest BCUT2D eigenvalue weighted by Crippen LogP contribution is 2.31. The van der Waals surface area contributed by atoms with Crippen molar-refractivity contribution < 1.29 is 23.8 Å². The predicted molar refractivity (Wildman–Crippen MR) is 88.0 cm³/mol. The van der Waals surface area contributed by atoms with E-state index in [4.69, 9.17) is 14.2 Å². The van der Waals surface area contributed by atoms with E-state index in [0.29, 0.717) is 12.1 Å². The average molecular weight is 341 g/mol. The normalized spacial score (nSPS) is 29.2. The number of allylic oxidation sites excluding steroid dienone is 2. The number of hydrogen-bond acceptors (Lipinski definition) is 6. The van der Waals surface area contributed by atoms with Gasteiger partial charge in [-0.05, 0) is 18.9 Å². The molecule has 0 unspecified atom stereocenters. The minimum absolute atomic E-state index is 0.0721. The van der Waals surface area contributed by atoms with Crippen molar-refractivity contribution >= 4 is 11.8 Å². The van der Waals surface area contributed by atoms with Crippen LogP contribution in [0.1, 0.15) is 31.1 Å². The molecular formula is C19H19NO5. The minimum Gasteiger partial charge on any atom is -0.452 e. The van der Waals surface area contributed by atoms with Crippen molar-refractivity contribution in [1.82, 2.24) is 5.32 Å². The van der Waals surface area contributed by atoms with Crippen molar-refractivity contribution in [3.05, 3.63) is 59.4 Å². The number of hydrogen-bond donors (Lipinski definition) is 1. The van der Waals surface area contributed by atoms with Gasteiger partial charge in [0.2, 0.25) is 0 Å². The van der Waals surface area contributed by atoms with Gasteiger partial charge in [0.1, 0.15) is 11.8 Å². The zero-order valence-corrected chi connectivity index (χ0v) is 13.6. The molecule has 6 nitrogen and oxygen atoms in total. The van der Waals surface area contributed by atoms with Crippen LogP contribution in [0.4, 0.5) is 0 Å². The van der Waals surface area contributed by atoms with E-state index in [1.807, 2.05) is 30.3 Å². The Hall–Kier alpha value is -2.44. The van der Waals surface area contributed by atoms with Gasteiger partial charge < -0.3 is 19.5 Å². The Balaban J connectivity index is 1.51. The topological polar surface area (TPSA) is 73.9 Å². The number of ether oxygens (including phenoxy) is 3. The van der Waals surface area contributed by atoms with Crippen LogP contribution >= 0.6 is 0 Å². The van der Waals surface area contributed by atoms with E-state index in [9.17, 15) is 9.59 Å². The second-order valence-corrected chi connectivity index (χ2v) is 6.32. The van der Waals surface area contributed by atoms with Crippen molar-refractivity contribution in [3.63, 3.8) is 0 Å². The third-order valence-corrected chi connectivity index (χ3v) is 4.44. The van der Waals surface area contributed by atoms with Crippen LogP contribution in [-0.2, 0) is 23.8 Å². The van der Waals surface area contributed by atoms with Crippen LogP contribution < -0.4 is 5.32 Å². The second kappa shape index (κ2) is 6.82. The van der Waals surface area contributed by atoms with Gasteiger partial charge in [-0.2, -0.15) is 0 Å². The summed E-state index contributed by atoms with van der Waals surface area (Å²) in [7, 11) is 0. The molecule has 3 aliphatic rings. The fourth-order valence-electron chi connectivity index (χ4n) is 3.17. The Morgan fingerprint density at radius 3 is 2.72 bits per heavy atom. The molecule has 0 saturated carbocycles. The Bertz CT molecular complexity index is 739. The van der Waals surface area contributed by atoms with Crippen molar-refractivity contribution in [2.45, 2.75) is 37.8 Å². The van der Waals surface area contributed by atoms with Gasteiger partial charge in [-0.1, -0.05) is 30.3 Å². The molecule has 25 heavy (non-hydrogen) atoms. The summed E-state index contributed by atoms with van der Waals surface area (Å²) in [6, 6.07) is 9.63. The van der Waals surface area contributed by atoms with E-state index in [2.05, 4.69) is 5.32 Å². The molecule has 1 saturated heterocycles. The first-order valence-corrected chi connectivity index (χ1v) is 8.44. The van der Waals surface area contributed by atoms with Gasteiger partial charge in [0.15, 0.2) is 18.2 Å². The molecule has 130 valence electrons. The summed E-state index contributed by atoms with van der Waals surface area (Å²) >= 11 is 0. The van der Waals surface area contributed by atoms with Crippen LogP contribution in [0.5, 0.6) is 0 Å². The molecule has 2 heterocycles. The molecule has 6 heteroatoms. The van der Waals surface area contributed by atoms with Crippen molar-refractivity contribution in [1.29, 1.82) is 0 Å². The summed E-state index contributed by atoms with van der Waals surface area (Å²) in [6.07, 6.45) is 4.02. The average Bonchev–Trinajstić information content (AvgIpc) is 2.63. The number of rotatable bonds is 3. The largest absolute Gasteiger partial charge is 0.452 e. The molecule has 1 aromatic rings. The number of ketones is 1. The third kappa shape index (κ3) is 3.50. The molecule has 2 aliphatic heterocycles. The van der Waals surface area contributed by atoms with Crippen molar-refractivity contribution in [2.24, 2.45) is 0 Å². The lowest BCUT2D eigenvalue weighted by Gasteiger charge is -2.37. The highest BCUT2D eigenvalue weighted by molar-refractivity contribution is 5.92. The molecule has 3 atom stereocenters. The first-order chi connectivity index (χ1) is 12.2.